The Morgan fingerprint density at radius 3 is 3.03 bits per heavy atom. The van der Waals surface area contributed by atoms with E-state index >= 15 is 0 Å². The Hall–Kier alpha value is -0.0700. The number of aromatic nitrogens is 2. The van der Waals surface area contributed by atoms with Gasteiger partial charge in [0.2, 0.25) is 0 Å². The Morgan fingerprint density at radius 2 is 2.34 bits per heavy atom. The smallest absolute Gasteiger partial charge is 0.0721 e. The molecule has 2 aromatic heterocycles. The molecule has 3 rings (SSSR count). The van der Waals surface area contributed by atoms with Gasteiger partial charge in [-0.3, -0.25) is 0 Å². The number of halogens is 2. The monoisotopic (exact) mass is 587 g/mol. The van der Waals surface area contributed by atoms with E-state index in [1.165, 1.54) is 23.9 Å². The quantitative estimate of drug-likeness (QED) is 0.178. The van der Waals surface area contributed by atoms with Crippen molar-refractivity contribution in [2.75, 3.05) is 19.0 Å². The van der Waals surface area contributed by atoms with E-state index in [9.17, 15) is 9.90 Å². The summed E-state index contributed by atoms with van der Waals surface area (Å²) in [5.41, 5.74) is 1.15. The molecule has 0 amide bonds. The Kier molecular flexibility index (Phi) is 8.94. The molecule has 0 spiro atoms. The predicted octanol–water partition coefficient (Wildman–Crippen LogP) is 4.73. The fourth-order valence-electron chi connectivity index (χ4n) is 3.35. The summed E-state index contributed by atoms with van der Waals surface area (Å²) in [5.74, 6) is 0.291. The number of nitrogens with one attached hydrogen (secondary N) is 1. The van der Waals surface area contributed by atoms with E-state index in [4.69, 9.17) is 20.5 Å². The Bertz CT molecular complexity index is 954. The number of aliphatic hydroxyl groups excluding tert-OH is 1. The van der Waals surface area contributed by atoms with Crippen LogP contribution in [0, 0.1) is 5.92 Å². The average molecular weight is 588 g/mol. The van der Waals surface area contributed by atoms with Crippen LogP contribution in [0.25, 0.3) is 0 Å². The first-order chi connectivity index (χ1) is 13.9. The van der Waals surface area contributed by atoms with Crippen molar-refractivity contribution < 1.29 is 18.8 Å². The van der Waals surface area contributed by atoms with Gasteiger partial charge in [-0.25, -0.2) is 0 Å². The van der Waals surface area contributed by atoms with E-state index < -0.39 is 7.32 Å². The van der Waals surface area contributed by atoms with Gasteiger partial charge in [-0.2, -0.15) is 0 Å². The zero-order valence-electron chi connectivity index (χ0n) is 15.4. The molecule has 0 radical (unpaired) electrons. The number of ketones is 1. The van der Waals surface area contributed by atoms with Crippen LogP contribution in [0.1, 0.15) is 33.6 Å². The third-order valence-corrected chi connectivity index (χ3v) is 7.51. The van der Waals surface area contributed by atoms with Crippen LogP contribution in [0.15, 0.2) is 18.6 Å². The van der Waals surface area contributed by atoms with E-state index in [0.717, 1.165) is 12.0 Å². The molecule has 1 aliphatic rings. The molecule has 2 N–H and O–H groups in total. The van der Waals surface area contributed by atoms with Crippen molar-refractivity contribution in [1.29, 1.82) is 0 Å². The molecule has 0 bridgehead atoms. The van der Waals surface area contributed by atoms with Gasteiger partial charge in [-0.1, -0.05) is 11.6 Å². The molecular weight excluding hydrogens is 568 g/mol. The molecule has 12 heteroatoms. The van der Waals surface area contributed by atoms with Crippen LogP contribution in [0.4, 0.5) is 5.82 Å². The first-order valence-corrected chi connectivity index (χ1v) is 15.1. The van der Waals surface area contributed by atoms with Crippen molar-refractivity contribution in [3.8, 4) is 0 Å². The molecule has 0 aliphatic heterocycles. The molecule has 0 saturated heterocycles. The molecule has 4 atom stereocenters. The predicted molar refractivity (Wildman–Crippen MR) is 128 cm³/mol. The van der Waals surface area contributed by atoms with E-state index in [1.54, 1.807) is 13.2 Å². The van der Waals surface area contributed by atoms with Gasteiger partial charge in [0.15, 0.2) is 0 Å². The van der Waals surface area contributed by atoms with E-state index in [1.807, 2.05) is 0 Å². The minimum atomic E-state index is -0.849. The maximum atomic E-state index is 13.1. The van der Waals surface area contributed by atoms with E-state index in [2.05, 4.69) is 44.3 Å². The second kappa shape index (κ2) is 11.0. The Labute approximate surface area is 194 Å². The third-order valence-electron chi connectivity index (χ3n) is 4.67. The molecule has 0 aromatic carbocycles. The van der Waals surface area contributed by atoms with Crippen LogP contribution in [0.5, 0.6) is 0 Å². The summed E-state index contributed by atoms with van der Waals surface area (Å²) in [6.07, 6.45) is 4.25. The van der Waals surface area contributed by atoms with Gasteiger partial charge in [-0.05, 0) is 0 Å². The summed E-state index contributed by atoms with van der Waals surface area (Å²) in [6, 6.07) is 1.76. The summed E-state index contributed by atoms with van der Waals surface area (Å²) < 4.78 is 11.5. The molecule has 1 saturated carbocycles. The van der Waals surface area contributed by atoms with Gasteiger partial charge >= 0.3 is 165 Å². The maximum absolute atomic E-state index is 13.1. The molecule has 29 heavy (non-hydrogen) atoms. The number of anilines is 1. The van der Waals surface area contributed by atoms with Gasteiger partial charge in [0, 0.05) is 7.11 Å². The number of carbonyl (C=O) groups excluding carboxylic acids is 1. The fraction of sp³-hybridized carbons (Fsp3) is 0.471. The van der Waals surface area contributed by atoms with Crippen LogP contribution in [-0.2, 0) is 15.5 Å². The number of thiol groups is 1. The number of methoxy groups -OCH3 is 1. The van der Waals surface area contributed by atoms with Gasteiger partial charge in [0.05, 0.1) is 6.61 Å². The van der Waals surface area contributed by atoms with Crippen LogP contribution < -0.4 is 5.32 Å². The molecule has 2 aromatic rings. The van der Waals surface area contributed by atoms with Crippen molar-refractivity contribution in [2.45, 2.75) is 31.6 Å². The number of ether oxygens (including phenoxy) is 1. The van der Waals surface area contributed by atoms with Crippen LogP contribution in [-0.4, -0.2) is 46.7 Å². The number of rotatable bonds is 8. The van der Waals surface area contributed by atoms with Gasteiger partial charge in [0.25, 0.3) is 0 Å². The van der Waals surface area contributed by atoms with Crippen LogP contribution in [0.2, 0.25) is 4.34 Å². The summed E-state index contributed by atoms with van der Waals surface area (Å²) in [5, 5.41) is 13.0. The molecular formula is C17H20ClIN3O4PS2. The minimum absolute atomic E-state index is 0.0214. The van der Waals surface area contributed by atoms with Crippen molar-refractivity contribution in [1.82, 2.24) is 9.97 Å². The molecule has 1 aliphatic carbocycles. The molecule has 1 unspecified atom stereocenters. The molecule has 1 fully saturated rings. The number of hydrogen-bond donors (Lipinski definition) is 3. The minimum Gasteiger partial charge on any atom is -0.0721 e. The zero-order valence-corrected chi connectivity index (χ0v) is 20.9. The number of carbonyl (C=O) groups is 1. The number of hydrogen-bond acceptors (Lipinski definition) is 8. The van der Waals surface area contributed by atoms with Gasteiger partial charge < -0.3 is 4.74 Å². The Balaban J connectivity index is 1.78. The van der Waals surface area contributed by atoms with Crippen molar-refractivity contribution in [2.24, 2.45) is 5.92 Å². The third kappa shape index (κ3) is 6.00. The second-order valence-electron chi connectivity index (χ2n) is 6.58. The Morgan fingerprint density at radius 1 is 1.55 bits per heavy atom. The standard InChI is InChI=1S/C17H20ClIN3O4PS2/c1-25-7-10-3-14(28-16(10)18)15(24)12-5-20-8-21-17(12)22-11-2-9(6-23)13(4-11)26-29(19)27/h3,5,8-9,11,13,23,29H,2,4,6-7H2,1H3,(H,20,21,22)/t9-,11-,13+/m1/s1. The molecule has 158 valence electrons. The van der Waals surface area contributed by atoms with Crippen molar-refractivity contribution in [3.63, 3.8) is 0 Å². The summed E-state index contributed by atoms with van der Waals surface area (Å²) in [6.45, 7) is 0.386. The van der Waals surface area contributed by atoms with Gasteiger partial charge in [-0.15, -0.1) is 0 Å². The first-order valence-electron chi connectivity index (χ1n) is 8.73. The average Bonchev–Trinajstić information content (AvgIpc) is 3.24. The summed E-state index contributed by atoms with van der Waals surface area (Å²) in [7, 11) is 5.06. The zero-order chi connectivity index (χ0) is 21.0. The number of aliphatic hydroxyl groups is 1. The van der Waals surface area contributed by atoms with E-state index in [-0.39, 0.29) is 30.5 Å². The van der Waals surface area contributed by atoms with Crippen LogP contribution in [0.3, 0.4) is 0 Å². The summed E-state index contributed by atoms with van der Waals surface area (Å²) in [4.78, 5) is 21.9. The normalized spacial score (nSPS) is 22.5. The van der Waals surface area contributed by atoms with E-state index in [0.29, 0.717) is 33.6 Å². The second-order valence-corrected chi connectivity index (χ2v) is 14.9. The first kappa shape index (κ1) is 23.6. The molecule has 2 heterocycles. The number of nitrogens with zero attached hydrogens (tertiary/aromatic N) is 2. The fourth-order valence-corrected chi connectivity index (χ4v) is 6.27. The van der Waals surface area contributed by atoms with Gasteiger partial charge in [0.1, 0.15) is 0 Å². The summed E-state index contributed by atoms with van der Waals surface area (Å²) >= 11 is 9.57. The SMILES string of the molecule is COCc1cc(C(=O)c2cncnc2N[C@@H]2C[C@H](CO)[C@@H](O[SH](#P)I)C2)sc1Cl. The van der Waals surface area contributed by atoms with Crippen LogP contribution >= 0.6 is 59.3 Å². The number of thiophene rings is 1. The van der Waals surface area contributed by atoms with Crippen molar-refractivity contribution in [3.05, 3.63) is 38.9 Å². The van der Waals surface area contributed by atoms with Crippen molar-refractivity contribution >= 4 is 70.9 Å². The molecule has 7 nitrogen and oxygen atoms in total. The topological polar surface area (TPSA) is 93.6 Å².